The van der Waals surface area contributed by atoms with E-state index in [1.165, 1.54) is 27.7 Å². The molecule has 1 aliphatic rings. The number of carbonyl (C=O) groups is 4. The number of hydrogen-bond donors (Lipinski definition) is 3. The van der Waals surface area contributed by atoms with Gasteiger partial charge in [0, 0.05) is 12.3 Å². The molecule has 0 saturated carbocycles. The number of nitrogens with one attached hydrogen (secondary N) is 1. The van der Waals surface area contributed by atoms with Crippen LogP contribution in [0.3, 0.4) is 0 Å². The number of esters is 3. The van der Waals surface area contributed by atoms with Gasteiger partial charge in [0.05, 0.1) is 18.4 Å². The predicted octanol–water partition coefficient (Wildman–Crippen LogP) is 2.28. The van der Waals surface area contributed by atoms with E-state index >= 15 is 0 Å². The highest BCUT2D eigenvalue weighted by Crippen LogP contribution is 2.52. The fraction of sp³-hybridized carbons (Fsp3) is 0.600. The van der Waals surface area contributed by atoms with Crippen molar-refractivity contribution in [1.29, 1.82) is 0 Å². The molecule has 0 bridgehead atoms. The van der Waals surface area contributed by atoms with Gasteiger partial charge in [0.2, 0.25) is 13.6 Å². The molecule has 1 aliphatic heterocycles. The normalized spacial score (nSPS) is 21.4. The summed E-state index contributed by atoms with van der Waals surface area (Å²) in [4.78, 5) is 75.7. The number of ether oxygens (including phenoxy) is 5. The molecule has 1 aromatic heterocycles. The van der Waals surface area contributed by atoms with Crippen LogP contribution < -0.4 is 16.6 Å². The van der Waals surface area contributed by atoms with Crippen LogP contribution in [0.5, 0.6) is 0 Å². The van der Waals surface area contributed by atoms with Crippen molar-refractivity contribution in [2.24, 2.45) is 17.8 Å². The van der Waals surface area contributed by atoms with Crippen LogP contribution in [0, 0.1) is 17.8 Å². The van der Waals surface area contributed by atoms with E-state index in [2.05, 4.69) is 5.32 Å². The van der Waals surface area contributed by atoms with Gasteiger partial charge in [-0.15, -0.1) is 0 Å². The lowest BCUT2D eigenvalue weighted by molar-refractivity contribution is -0.161. The standard InChI is InChI=1S/C35H49FN3O17P/c1-21(2)26(37-32(45)49-15-24-11-9-8-10-12-24)29(43)50-18-39-25(40)13-14-38(33(39)46)31-34(7,47)30(44)35(16-36,56-31)17-53-57(48,54-19-51-27(41)22(3)4)55-20-52-28(42)23(5)6/h8-14,21-23,26,30-31,44,47H,15-20H2,1-7H3,(H,37,45)/t26?,30-,31+,34+,35+/m0/s1. The van der Waals surface area contributed by atoms with Gasteiger partial charge in [-0.1, -0.05) is 71.9 Å². The molecular weight excluding hydrogens is 784 g/mol. The summed E-state index contributed by atoms with van der Waals surface area (Å²) in [7, 11) is -4.94. The van der Waals surface area contributed by atoms with Gasteiger partial charge in [0.25, 0.3) is 5.56 Å². The molecule has 3 N–H and O–H groups in total. The quantitative estimate of drug-likeness (QED) is 0.0748. The largest absolute Gasteiger partial charge is 0.480 e. The highest BCUT2D eigenvalue weighted by Gasteiger charge is 2.63. The minimum Gasteiger partial charge on any atom is -0.445 e. The summed E-state index contributed by atoms with van der Waals surface area (Å²) >= 11 is 0. The van der Waals surface area contributed by atoms with Gasteiger partial charge in [-0.3, -0.25) is 23.5 Å². The summed E-state index contributed by atoms with van der Waals surface area (Å²) in [5.41, 5.74) is -6.68. The molecule has 20 nitrogen and oxygen atoms in total. The van der Waals surface area contributed by atoms with Crippen molar-refractivity contribution >= 4 is 31.8 Å². The number of benzene rings is 1. The van der Waals surface area contributed by atoms with Crippen molar-refractivity contribution in [1.82, 2.24) is 14.5 Å². The van der Waals surface area contributed by atoms with Gasteiger partial charge in [-0.05, 0) is 18.4 Å². The molecule has 2 heterocycles. The van der Waals surface area contributed by atoms with Crippen molar-refractivity contribution < 1.29 is 75.6 Å². The second-order valence-electron chi connectivity index (χ2n) is 14.0. The van der Waals surface area contributed by atoms with Gasteiger partial charge < -0.3 is 39.2 Å². The van der Waals surface area contributed by atoms with Crippen molar-refractivity contribution in [2.75, 3.05) is 26.9 Å². The maximum absolute atomic E-state index is 14.9. The molecule has 0 aliphatic carbocycles. The Hall–Kier alpha value is -4.50. The second-order valence-corrected chi connectivity index (χ2v) is 15.7. The summed E-state index contributed by atoms with van der Waals surface area (Å²) in [5.74, 6) is -4.34. The molecule has 5 atom stereocenters. The zero-order chi connectivity index (χ0) is 42.7. The molecule has 318 valence electrons. The molecule has 1 amide bonds. The summed E-state index contributed by atoms with van der Waals surface area (Å²) in [6.45, 7) is 4.27. The molecule has 1 fully saturated rings. The van der Waals surface area contributed by atoms with Gasteiger partial charge in [-0.2, -0.15) is 0 Å². The fourth-order valence-corrected chi connectivity index (χ4v) is 6.00. The van der Waals surface area contributed by atoms with E-state index in [-0.39, 0.29) is 6.61 Å². The first-order valence-corrected chi connectivity index (χ1v) is 19.1. The molecule has 0 spiro atoms. The first-order valence-electron chi connectivity index (χ1n) is 17.6. The van der Waals surface area contributed by atoms with E-state index in [1.807, 2.05) is 0 Å². The molecule has 57 heavy (non-hydrogen) atoms. The van der Waals surface area contributed by atoms with Crippen molar-refractivity contribution in [3.8, 4) is 0 Å². The first-order chi connectivity index (χ1) is 26.7. The summed E-state index contributed by atoms with van der Waals surface area (Å²) < 4.78 is 70.5. The van der Waals surface area contributed by atoms with Gasteiger partial charge in [0.15, 0.2) is 18.6 Å². The van der Waals surface area contributed by atoms with Crippen LogP contribution in [0.2, 0.25) is 0 Å². The van der Waals surface area contributed by atoms with Crippen molar-refractivity contribution in [3.63, 3.8) is 0 Å². The highest BCUT2D eigenvalue weighted by molar-refractivity contribution is 7.48. The Bertz CT molecular complexity index is 1840. The number of aromatic nitrogens is 2. The minimum atomic E-state index is -4.94. The number of phosphoric ester groups is 1. The lowest BCUT2D eigenvalue weighted by Crippen LogP contribution is -2.53. The lowest BCUT2D eigenvalue weighted by Gasteiger charge is -2.31. The maximum atomic E-state index is 14.9. The van der Waals surface area contributed by atoms with Crippen LogP contribution >= 0.6 is 7.82 Å². The van der Waals surface area contributed by atoms with Gasteiger partial charge in [-0.25, -0.2) is 37.0 Å². The van der Waals surface area contributed by atoms with E-state index in [4.69, 9.17) is 37.3 Å². The summed E-state index contributed by atoms with van der Waals surface area (Å²) in [5, 5.41) is 25.0. The van der Waals surface area contributed by atoms with Crippen molar-refractivity contribution in [2.45, 2.75) is 91.4 Å². The number of alkyl halides is 1. The number of aliphatic hydroxyl groups excluding tert-OH is 1. The Morgan fingerprint density at radius 3 is 2.00 bits per heavy atom. The fourth-order valence-electron chi connectivity index (χ4n) is 5.04. The van der Waals surface area contributed by atoms with Gasteiger partial charge in [0.1, 0.15) is 31.0 Å². The number of phosphoric acid groups is 1. The average Bonchev–Trinajstić information content (AvgIpc) is 3.36. The van der Waals surface area contributed by atoms with E-state index in [0.717, 1.165) is 19.2 Å². The van der Waals surface area contributed by atoms with Gasteiger partial charge >= 0.3 is 37.5 Å². The molecule has 1 aromatic carbocycles. The van der Waals surface area contributed by atoms with Crippen LogP contribution in [0.1, 0.15) is 60.3 Å². The number of alkyl carbamates (subject to hydrolysis) is 1. The third-order valence-corrected chi connectivity index (χ3v) is 9.74. The molecule has 1 saturated heterocycles. The number of carbonyl (C=O) groups excluding carboxylic acids is 4. The molecular formula is C35H49FN3O17P. The Kier molecular flexibility index (Phi) is 16.7. The highest BCUT2D eigenvalue weighted by atomic mass is 31.2. The number of nitrogens with zero attached hydrogens (tertiary/aromatic N) is 2. The Morgan fingerprint density at radius 2 is 1.47 bits per heavy atom. The van der Waals surface area contributed by atoms with E-state index in [1.54, 1.807) is 44.2 Å². The number of rotatable bonds is 20. The molecule has 22 heteroatoms. The maximum Gasteiger partial charge on any atom is 0.480 e. The number of amides is 1. The van der Waals surface area contributed by atoms with E-state index in [0.29, 0.717) is 14.7 Å². The predicted molar refractivity (Wildman–Crippen MR) is 192 cm³/mol. The SMILES string of the molecule is CC(C)C(=O)OCOP(=O)(OCOC(=O)C(C)C)OC[C@@]1(CF)O[C@@H](n2ccc(=O)n(COC(=O)C(NC(=O)OCc3ccccc3)C(C)C)c2=O)[C@](C)(O)[C@@H]1O. The third kappa shape index (κ3) is 12.2. The number of halogens is 1. The van der Waals surface area contributed by atoms with Crippen LogP contribution in [0.25, 0.3) is 0 Å². The van der Waals surface area contributed by atoms with Crippen LogP contribution in [0.4, 0.5) is 9.18 Å². The molecule has 3 rings (SSSR count). The molecule has 2 aromatic rings. The van der Waals surface area contributed by atoms with Crippen LogP contribution in [0.15, 0.2) is 52.2 Å². The minimum absolute atomic E-state index is 0.0883. The van der Waals surface area contributed by atoms with Crippen LogP contribution in [-0.2, 0) is 69.5 Å². The Morgan fingerprint density at radius 1 is 0.895 bits per heavy atom. The van der Waals surface area contributed by atoms with E-state index < -0.39 is 124 Å². The molecule has 1 unspecified atom stereocenters. The average molecular weight is 834 g/mol. The lowest BCUT2D eigenvalue weighted by atomic mass is 9.88. The molecule has 0 radical (unpaired) electrons. The smallest absolute Gasteiger partial charge is 0.445 e. The number of hydrogen-bond acceptors (Lipinski definition) is 17. The van der Waals surface area contributed by atoms with Crippen molar-refractivity contribution in [3.05, 3.63) is 69.0 Å². The second kappa shape index (κ2) is 20.3. The number of aliphatic hydroxyl groups is 2. The third-order valence-electron chi connectivity index (χ3n) is 8.45. The Labute approximate surface area is 326 Å². The van der Waals surface area contributed by atoms with E-state index in [9.17, 15) is 47.9 Å². The zero-order valence-corrected chi connectivity index (χ0v) is 33.4. The first kappa shape index (κ1) is 46.9. The summed E-state index contributed by atoms with van der Waals surface area (Å²) in [6.07, 6.45) is -4.27. The monoisotopic (exact) mass is 833 g/mol. The Balaban J connectivity index is 1.80. The summed E-state index contributed by atoms with van der Waals surface area (Å²) in [6, 6.07) is 8.29. The van der Waals surface area contributed by atoms with Crippen LogP contribution in [-0.4, -0.2) is 93.6 Å². The topological polar surface area (TPSA) is 256 Å². The zero-order valence-electron chi connectivity index (χ0n) is 32.5.